The SMILES string of the molecule is CC(C)Oc1ccc([C@H]2CC2(Cl)Cl)cc1. The molecule has 3 heteroatoms. The Morgan fingerprint density at radius 1 is 1.27 bits per heavy atom. The smallest absolute Gasteiger partial charge is 0.125 e. The van der Waals surface area contributed by atoms with Crippen LogP contribution in [0.25, 0.3) is 0 Å². The van der Waals surface area contributed by atoms with E-state index < -0.39 is 4.33 Å². The molecule has 0 aliphatic heterocycles. The number of hydrogen-bond donors (Lipinski definition) is 0. The van der Waals surface area contributed by atoms with Crippen LogP contribution >= 0.6 is 23.2 Å². The molecular weight excluding hydrogens is 231 g/mol. The normalized spacial score (nSPS) is 22.9. The van der Waals surface area contributed by atoms with Crippen molar-refractivity contribution in [2.24, 2.45) is 0 Å². The number of alkyl halides is 2. The first kappa shape index (κ1) is 11.1. The zero-order valence-electron chi connectivity index (χ0n) is 8.84. The van der Waals surface area contributed by atoms with Crippen LogP contribution in [0.5, 0.6) is 5.75 Å². The van der Waals surface area contributed by atoms with Gasteiger partial charge in [-0.05, 0) is 38.0 Å². The summed E-state index contributed by atoms with van der Waals surface area (Å²) >= 11 is 12.0. The van der Waals surface area contributed by atoms with Gasteiger partial charge in [-0.1, -0.05) is 12.1 Å². The van der Waals surface area contributed by atoms with Gasteiger partial charge in [-0.2, -0.15) is 0 Å². The zero-order chi connectivity index (χ0) is 11.1. The maximum Gasteiger partial charge on any atom is 0.125 e. The van der Waals surface area contributed by atoms with Crippen LogP contribution in [-0.4, -0.2) is 10.4 Å². The minimum atomic E-state index is -0.541. The fourth-order valence-electron chi connectivity index (χ4n) is 1.63. The number of benzene rings is 1. The van der Waals surface area contributed by atoms with E-state index in [9.17, 15) is 0 Å². The standard InChI is InChI=1S/C12H14Cl2O/c1-8(2)15-10-5-3-9(4-6-10)11-7-12(11,13)14/h3-6,8,11H,7H2,1-2H3/t11-/m1/s1. The van der Waals surface area contributed by atoms with Crippen molar-refractivity contribution in [3.05, 3.63) is 29.8 Å². The molecule has 1 nitrogen and oxygen atoms in total. The summed E-state index contributed by atoms with van der Waals surface area (Å²) in [6.07, 6.45) is 1.05. The van der Waals surface area contributed by atoms with Crippen LogP contribution in [0.4, 0.5) is 0 Å². The molecule has 0 heterocycles. The third kappa shape index (κ3) is 2.59. The summed E-state index contributed by atoms with van der Waals surface area (Å²) in [5.41, 5.74) is 1.19. The predicted octanol–water partition coefficient (Wildman–Crippen LogP) is 4.14. The molecule has 82 valence electrons. The van der Waals surface area contributed by atoms with E-state index in [0.29, 0.717) is 0 Å². The first-order valence-corrected chi connectivity index (χ1v) is 5.89. The van der Waals surface area contributed by atoms with E-state index >= 15 is 0 Å². The Hall–Kier alpha value is -0.400. The molecule has 1 aliphatic rings. The topological polar surface area (TPSA) is 9.23 Å². The molecule has 0 radical (unpaired) electrons. The van der Waals surface area contributed by atoms with E-state index in [4.69, 9.17) is 27.9 Å². The zero-order valence-corrected chi connectivity index (χ0v) is 10.3. The maximum atomic E-state index is 6.00. The third-order valence-electron chi connectivity index (χ3n) is 2.48. The minimum absolute atomic E-state index is 0.205. The molecule has 1 aromatic carbocycles. The van der Waals surface area contributed by atoms with Gasteiger partial charge in [-0.15, -0.1) is 23.2 Å². The van der Waals surface area contributed by atoms with Gasteiger partial charge in [-0.3, -0.25) is 0 Å². The van der Waals surface area contributed by atoms with Gasteiger partial charge in [0.15, 0.2) is 0 Å². The second-order valence-corrected chi connectivity index (χ2v) is 5.80. The van der Waals surface area contributed by atoms with E-state index in [2.05, 4.69) is 0 Å². The molecule has 0 unspecified atom stereocenters. The summed E-state index contributed by atoms with van der Waals surface area (Å²) in [6, 6.07) is 8.01. The highest BCUT2D eigenvalue weighted by Gasteiger charge is 2.52. The van der Waals surface area contributed by atoms with Gasteiger partial charge in [0.05, 0.1) is 6.10 Å². The van der Waals surface area contributed by atoms with Crippen molar-refractivity contribution >= 4 is 23.2 Å². The Balaban J connectivity index is 2.05. The van der Waals surface area contributed by atoms with Gasteiger partial charge >= 0.3 is 0 Å². The van der Waals surface area contributed by atoms with Crippen LogP contribution in [-0.2, 0) is 0 Å². The number of rotatable bonds is 3. The van der Waals surface area contributed by atoms with Crippen LogP contribution in [0.1, 0.15) is 31.7 Å². The Morgan fingerprint density at radius 2 is 1.80 bits per heavy atom. The first-order chi connectivity index (χ1) is 6.99. The molecule has 1 aromatic rings. The summed E-state index contributed by atoms with van der Waals surface area (Å²) in [6.45, 7) is 4.02. The van der Waals surface area contributed by atoms with Gasteiger partial charge in [-0.25, -0.2) is 0 Å². The molecule has 15 heavy (non-hydrogen) atoms. The Morgan fingerprint density at radius 3 is 2.20 bits per heavy atom. The van der Waals surface area contributed by atoms with Crippen molar-refractivity contribution in [2.75, 3.05) is 0 Å². The van der Waals surface area contributed by atoms with E-state index in [0.717, 1.165) is 12.2 Å². The molecule has 0 amide bonds. The quantitative estimate of drug-likeness (QED) is 0.727. The molecule has 2 rings (SSSR count). The minimum Gasteiger partial charge on any atom is -0.491 e. The third-order valence-corrected chi connectivity index (χ3v) is 3.32. The predicted molar refractivity (Wildman–Crippen MR) is 64.0 cm³/mol. The monoisotopic (exact) mass is 244 g/mol. The summed E-state index contributed by atoms with van der Waals surface area (Å²) in [7, 11) is 0. The molecule has 0 spiro atoms. The summed E-state index contributed by atoms with van der Waals surface area (Å²) in [5.74, 6) is 1.18. The highest BCUT2D eigenvalue weighted by molar-refractivity contribution is 6.51. The van der Waals surface area contributed by atoms with Crippen molar-refractivity contribution < 1.29 is 4.74 Å². The van der Waals surface area contributed by atoms with Crippen molar-refractivity contribution in [3.8, 4) is 5.75 Å². The van der Waals surface area contributed by atoms with Crippen LogP contribution in [0.3, 0.4) is 0 Å². The molecule has 0 N–H and O–H groups in total. The number of hydrogen-bond acceptors (Lipinski definition) is 1. The van der Waals surface area contributed by atoms with E-state index in [1.807, 2.05) is 38.1 Å². The maximum absolute atomic E-state index is 6.00. The lowest BCUT2D eigenvalue weighted by Crippen LogP contribution is -2.05. The van der Waals surface area contributed by atoms with Crippen molar-refractivity contribution in [1.29, 1.82) is 0 Å². The number of halogens is 2. The summed E-state index contributed by atoms with van der Waals surface area (Å²) in [5, 5.41) is 0. The van der Waals surface area contributed by atoms with Crippen molar-refractivity contribution in [1.82, 2.24) is 0 Å². The van der Waals surface area contributed by atoms with Crippen molar-refractivity contribution in [3.63, 3.8) is 0 Å². The summed E-state index contributed by atoms with van der Waals surface area (Å²) in [4.78, 5) is 0. The fraction of sp³-hybridized carbons (Fsp3) is 0.500. The molecule has 0 bridgehead atoms. The second-order valence-electron chi connectivity index (χ2n) is 4.25. The van der Waals surface area contributed by atoms with Gasteiger partial charge in [0.1, 0.15) is 10.1 Å². The molecule has 1 fully saturated rings. The molecular formula is C12H14Cl2O. The molecule has 1 atom stereocenters. The molecule has 0 aromatic heterocycles. The fourth-order valence-corrected chi connectivity index (χ4v) is 2.19. The highest BCUT2D eigenvalue weighted by atomic mass is 35.5. The lowest BCUT2D eigenvalue weighted by Gasteiger charge is -2.10. The van der Waals surface area contributed by atoms with Crippen molar-refractivity contribution in [2.45, 2.75) is 36.6 Å². The molecule has 1 saturated carbocycles. The van der Waals surface area contributed by atoms with Gasteiger partial charge in [0.25, 0.3) is 0 Å². The van der Waals surface area contributed by atoms with Crippen LogP contribution in [0.2, 0.25) is 0 Å². The first-order valence-electron chi connectivity index (χ1n) is 5.13. The van der Waals surface area contributed by atoms with E-state index in [-0.39, 0.29) is 12.0 Å². The van der Waals surface area contributed by atoms with Gasteiger partial charge < -0.3 is 4.74 Å². The van der Waals surface area contributed by atoms with E-state index in [1.165, 1.54) is 5.56 Å². The van der Waals surface area contributed by atoms with E-state index in [1.54, 1.807) is 0 Å². The summed E-state index contributed by atoms with van der Waals surface area (Å²) < 4.78 is 5.01. The van der Waals surface area contributed by atoms with Crippen LogP contribution < -0.4 is 4.74 Å². The highest BCUT2D eigenvalue weighted by Crippen LogP contribution is 2.59. The second kappa shape index (κ2) is 3.88. The lowest BCUT2D eigenvalue weighted by atomic mass is 10.1. The van der Waals surface area contributed by atoms with Gasteiger partial charge in [0.2, 0.25) is 0 Å². The lowest BCUT2D eigenvalue weighted by molar-refractivity contribution is 0.242. The average Bonchev–Trinajstić information content (AvgIpc) is 2.75. The number of ether oxygens (including phenoxy) is 1. The Labute approximate surface area is 100 Å². The Kier molecular flexibility index (Phi) is 2.87. The Bertz CT molecular complexity index is 343. The molecule has 0 saturated heterocycles. The molecule has 1 aliphatic carbocycles. The average molecular weight is 245 g/mol. The van der Waals surface area contributed by atoms with Crippen LogP contribution in [0.15, 0.2) is 24.3 Å². The van der Waals surface area contributed by atoms with Crippen LogP contribution in [0, 0.1) is 0 Å². The largest absolute Gasteiger partial charge is 0.491 e. The van der Waals surface area contributed by atoms with Gasteiger partial charge in [0, 0.05) is 5.92 Å².